The van der Waals surface area contributed by atoms with Gasteiger partial charge in [-0.1, -0.05) is 19.9 Å². The molecule has 0 saturated carbocycles. The number of nitrogens with one attached hydrogen (secondary N) is 1. The van der Waals surface area contributed by atoms with Crippen LogP contribution in [0.2, 0.25) is 0 Å². The third-order valence-corrected chi connectivity index (χ3v) is 3.55. The molecule has 0 aliphatic carbocycles. The lowest BCUT2D eigenvalue weighted by molar-refractivity contribution is 0.0879. The zero-order chi connectivity index (χ0) is 14.0. The van der Waals surface area contributed by atoms with Crippen LogP contribution in [0.25, 0.3) is 0 Å². The van der Waals surface area contributed by atoms with Crippen molar-refractivity contribution < 1.29 is 14.7 Å². The van der Waals surface area contributed by atoms with Crippen LogP contribution in [0.3, 0.4) is 0 Å². The van der Waals surface area contributed by atoms with Gasteiger partial charge in [-0.15, -0.1) is 0 Å². The third-order valence-electron chi connectivity index (χ3n) is 3.55. The van der Waals surface area contributed by atoms with Crippen LogP contribution in [0.1, 0.15) is 40.1 Å². The van der Waals surface area contributed by atoms with Gasteiger partial charge in [-0.2, -0.15) is 0 Å². The Morgan fingerprint density at radius 1 is 1.16 bits per heavy atom. The van der Waals surface area contributed by atoms with Gasteiger partial charge in [0.05, 0.1) is 11.1 Å². The Morgan fingerprint density at radius 3 is 2.47 bits per heavy atom. The number of phenolic OH excluding ortho intramolecular Hbond substituents is 1. The molecule has 5 heteroatoms. The van der Waals surface area contributed by atoms with Crippen LogP contribution < -0.4 is 5.32 Å². The fourth-order valence-corrected chi connectivity index (χ4v) is 2.31. The molecule has 1 aromatic rings. The highest BCUT2D eigenvalue weighted by molar-refractivity contribution is 6.22. The molecule has 0 saturated heterocycles. The summed E-state index contributed by atoms with van der Waals surface area (Å²) in [7, 11) is 0. The number of rotatable bonds is 5. The van der Waals surface area contributed by atoms with E-state index in [-0.39, 0.29) is 16.9 Å². The van der Waals surface area contributed by atoms with Crippen LogP contribution in [0.15, 0.2) is 12.1 Å². The summed E-state index contributed by atoms with van der Waals surface area (Å²) in [5.74, 6) is -1.01. The van der Waals surface area contributed by atoms with Gasteiger partial charge in [0.1, 0.15) is 5.75 Å². The SMILES string of the molecule is CCN(CC)CCc1ccc2c(c1O)C(=O)NC2=O. The van der Waals surface area contributed by atoms with Gasteiger partial charge in [-0.05, 0) is 31.1 Å². The third kappa shape index (κ3) is 2.46. The van der Waals surface area contributed by atoms with Crippen LogP contribution in [0.4, 0.5) is 0 Å². The molecule has 2 rings (SSSR count). The van der Waals surface area contributed by atoms with Gasteiger partial charge in [0, 0.05) is 6.54 Å². The highest BCUT2D eigenvalue weighted by Crippen LogP contribution is 2.29. The molecule has 5 nitrogen and oxygen atoms in total. The zero-order valence-corrected chi connectivity index (χ0v) is 11.2. The van der Waals surface area contributed by atoms with Crippen LogP contribution in [0, 0.1) is 0 Å². The Bertz CT molecular complexity index is 522. The lowest BCUT2D eigenvalue weighted by Gasteiger charge is -2.18. The van der Waals surface area contributed by atoms with E-state index in [4.69, 9.17) is 0 Å². The van der Waals surface area contributed by atoms with Crippen molar-refractivity contribution in [2.24, 2.45) is 0 Å². The number of phenols is 1. The first-order valence-corrected chi connectivity index (χ1v) is 6.51. The number of hydrogen-bond donors (Lipinski definition) is 2. The average molecular weight is 262 g/mol. The van der Waals surface area contributed by atoms with Crippen molar-refractivity contribution in [1.29, 1.82) is 0 Å². The maximum atomic E-state index is 11.6. The highest BCUT2D eigenvalue weighted by Gasteiger charge is 2.30. The summed E-state index contributed by atoms with van der Waals surface area (Å²) < 4.78 is 0. The fraction of sp³-hybridized carbons (Fsp3) is 0.429. The van der Waals surface area contributed by atoms with Gasteiger partial charge < -0.3 is 10.0 Å². The molecule has 102 valence electrons. The van der Waals surface area contributed by atoms with Crippen LogP contribution in [-0.2, 0) is 6.42 Å². The molecule has 2 amide bonds. The van der Waals surface area contributed by atoms with Crippen LogP contribution in [-0.4, -0.2) is 41.5 Å². The maximum absolute atomic E-state index is 11.6. The maximum Gasteiger partial charge on any atom is 0.262 e. The Hall–Kier alpha value is -1.88. The fourth-order valence-electron chi connectivity index (χ4n) is 2.31. The van der Waals surface area contributed by atoms with Crippen molar-refractivity contribution >= 4 is 11.8 Å². The standard InChI is InChI=1S/C14H18N2O3/c1-3-16(4-2)8-7-9-5-6-10-11(12(9)17)14(19)15-13(10)18/h5-6,17H,3-4,7-8H2,1-2H3,(H,15,18,19). The van der Waals surface area contributed by atoms with E-state index in [1.807, 2.05) is 0 Å². The molecular weight excluding hydrogens is 244 g/mol. The van der Waals surface area contributed by atoms with Gasteiger partial charge in [0.25, 0.3) is 11.8 Å². The number of benzene rings is 1. The first-order chi connectivity index (χ1) is 9.08. The Labute approximate surface area is 112 Å². The Kier molecular flexibility index (Phi) is 3.85. The minimum Gasteiger partial charge on any atom is -0.507 e. The summed E-state index contributed by atoms with van der Waals surface area (Å²) in [6.45, 7) is 6.87. The van der Waals surface area contributed by atoms with E-state index in [0.717, 1.165) is 19.6 Å². The minimum absolute atomic E-state index is 0.0620. The van der Waals surface area contributed by atoms with Crippen molar-refractivity contribution in [1.82, 2.24) is 10.2 Å². The molecule has 2 N–H and O–H groups in total. The molecule has 0 spiro atoms. The lowest BCUT2D eigenvalue weighted by Crippen LogP contribution is -2.25. The number of hydrogen-bond acceptors (Lipinski definition) is 4. The second kappa shape index (κ2) is 5.40. The molecule has 1 aromatic carbocycles. The molecular formula is C14H18N2O3. The summed E-state index contributed by atoms with van der Waals surface area (Å²) in [5.41, 5.74) is 1.08. The van der Waals surface area contributed by atoms with E-state index < -0.39 is 11.8 Å². The zero-order valence-electron chi connectivity index (χ0n) is 11.2. The van der Waals surface area contributed by atoms with E-state index in [1.165, 1.54) is 0 Å². The number of likely N-dealkylation sites (N-methyl/N-ethyl adjacent to an activating group) is 1. The molecule has 1 aliphatic heterocycles. The number of amides is 2. The summed E-state index contributed by atoms with van der Waals surface area (Å²) >= 11 is 0. The minimum atomic E-state index is -0.512. The number of imide groups is 1. The van der Waals surface area contributed by atoms with Crippen molar-refractivity contribution in [2.75, 3.05) is 19.6 Å². The number of carbonyl (C=O) groups excluding carboxylic acids is 2. The largest absolute Gasteiger partial charge is 0.507 e. The quantitative estimate of drug-likeness (QED) is 0.781. The van der Waals surface area contributed by atoms with E-state index in [2.05, 4.69) is 24.1 Å². The van der Waals surface area contributed by atoms with Crippen molar-refractivity contribution in [2.45, 2.75) is 20.3 Å². The van der Waals surface area contributed by atoms with E-state index in [1.54, 1.807) is 12.1 Å². The summed E-state index contributed by atoms with van der Waals surface area (Å²) in [6, 6.07) is 3.32. The molecule has 1 heterocycles. The molecule has 0 unspecified atom stereocenters. The molecule has 1 aliphatic rings. The monoisotopic (exact) mass is 262 g/mol. The Morgan fingerprint density at radius 2 is 1.84 bits per heavy atom. The second-order valence-corrected chi connectivity index (χ2v) is 4.56. The topological polar surface area (TPSA) is 69.6 Å². The van der Waals surface area contributed by atoms with Gasteiger partial charge >= 0.3 is 0 Å². The molecule has 0 atom stereocenters. The highest BCUT2D eigenvalue weighted by atomic mass is 16.3. The Balaban J connectivity index is 2.23. The van der Waals surface area contributed by atoms with Gasteiger partial charge in [0.2, 0.25) is 0 Å². The summed E-state index contributed by atoms with van der Waals surface area (Å²) in [5, 5.41) is 12.3. The normalized spacial score (nSPS) is 13.8. The van der Waals surface area contributed by atoms with Crippen molar-refractivity contribution in [3.63, 3.8) is 0 Å². The molecule has 19 heavy (non-hydrogen) atoms. The predicted molar refractivity (Wildman–Crippen MR) is 71.4 cm³/mol. The number of aromatic hydroxyl groups is 1. The lowest BCUT2D eigenvalue weighted by atomic mass is 10.0. The summed E-state index contributed by atoms with van der Waals surface area (Å²) in [4.78, 5) is 25.3. The summed E-state index contributed by atoms with van der Waals surface area (Å²) in [6.07, 6.45) is 0.655. The predicted octanol–water partition coefficient (Wildman–Crippen LogP) is 1.16. The van der Waals surface area contributed by atoms with Gasteiger partial charge in [-0.3, -0.25) is 14.9 Å². The van der Waals surface area contributed by atoms with E-state index in [0.29, 0.717) is 12.0 Å². The van der Waals surface area contributed by atoms with Crippen molar-refractivity contribution in [3.8, 4) is 5.75 Å². The molecule has 0 bridgehead atoms. The smallest absolute Gasteiger partial charge is 0.262 e. The first-order valence-electron chi connectivity index (χ1n) is 6.51. The molecule has 0 fully saturated rings. The van der Waals surface area contributed by atoms with E-state index >= 15 is 0 Å². The van der Waals surface area contributed by atoms with Crippen molar-refractivity contribution in [3.05, 3.63) is 28.8 Å². The van der Waals surface area contributed by atoms with E-state index in [9.17, 15) is 14.7 Å². The number of nitrogens with zero attached hydrogens (tertiary/aromatic N) is 1. The van der Waals surface area contributed by atoms with Crippen LogP contribution in [0.5, 0.6) is 5.75 Å². The number of carbonyl (C=O) groups is 2. The van der Waals surface area contributed by atoms with Gasteiger partial charge in [0.15, 0.2) is 0 Å². The van der Waals surface area contributed by atoms with Crippen LogP contribution >= 0.6 is 0 Å². The first kappa shape index (κ1) is 13.5. The molecule has 0 aromatic heterocycles. The molecule has 0 radical (unpaired) electrons. The second-order valence-electron chi connectivity index (χ2n) is 4.56. The number of fused-ring (bicyclic) bond motifs is 1. The average Bonchev–Trinajstić information content (AvgIpc) is 2.69. The van der Waals surface area contributed by atoms with Gasteiger partial charge in [-0.25, -0.2) is 0 Å².